The van der Waals surface area contributed by atoms with Crippen LogP contribution < -0.4 is 5.73 Å². The van der Waals surface area contributed by atoms with Crippen LogP contribution in [0.2, 0.25) is 0 Å². The molecule has 0 radical (unpaired) electrons. The minimum absolute atomic E-state index is 0. The number of carbonyl (C=O) groups excluding carboxylic acids is 1. The van der Waals surface area contributed by atoms with Gasteiger partial charge in [-0.3, -0.25) is 14.4 Å². The lowest BCUT2D eigenvalue weighted by Gasteiger charge is -2.16. The van der Waals surface area contributed by atoms with E-state index in [0.717, 1.165) is 37.6 Å². The number of aryl methyl sites for hydroxylation is 1. The number of esters is 1. The molecule has 1 fully saturated rings. The predicted molar refractivity (Wildman–Crippen MR) is 88.0 cm³/mol. The number of hydrogen-bond donors (Lipinski definition) is 1. The Hall–Kier alpha value is -1.11. The molecule has 126 valence electrons. The number of likely N-dealkylation sites (tertiary alicyclic amines) is 1. The van der Waals surface area contributed by atoms with E-state index in [1.165, 1.54) is 12.0 Å². The van der Waals surface area contributed by atoms with Gasteiger partial charge in [-0.15, -0.1) is 12.4 Å². The molecule has 0 bridgehead atoms. The summed E-state index contributed by atoms with van der Waals surface area (Å²) >= 11 is 0. The average molecular weight is 331 g/mol. The fourth-order valence-electron chi connectivity index (χ4n) is 2.92. The lowest BCUT2D eigenvalue weighted by molar-refractivity contribution is -0.144. The molecule has 0 aliphatic carbocycles. The van der Waals surface area contributed by atoms with E-state index >= 15 is 0 Å². The molecule has 1 atom stereocenters. The van der Waals surface area contributed by atoms with Crippen LogP contribution in [0.3, 0.4) is 0 Å². The molecular weight excluding hydrogens is 304 g/mol. The second kappa shape index (κ2) is 8.50. The van der Waals surface area contributed by atoms with Gasteiger partial charge in [0.1, 0.15) is 6.54 Å². The van der Waals surface area contributed by atoms with Crippen molar-refractivity contribution in [3.05, 3.63) is 17.0 Å². The standard InChI is InChI=1S/C15H26N4O2.ClH/c1-4-21-15(20)10-19-12(3)14(11(2)17-19)9-18-6-5-13(7-16)8-18;/h13H,4-10,16H2,1-3H3;1H. The van der Waals surface area contributed by atoms with Crippen LogP contribution in [-0.4, -0.2) is 46.9 Å². The highest BCUT2D eigenvalue weighted by Crippen LogP contribution is 2.21. The van der Waals surface area contributed by atoms with Crippen LogP contribution in [0.15, 0.2) is 0 Å². The van der Waals surface area contributed by atoms with E-state index < -0.39 is 0 Å². The monoisotopic (exact) mass is 330 g/mol. The van der Waals surface area contributed by atoms with Gasteiger partial charge < -0.3 is 10.5 Å². The molecule has 2 N–H and O–H groups in total. The van der Waals surface area contributed by atoms with Crippen molar-refractivity contribution in [1.29, 1.82) is 0 Å². The van der Waals surface area contributed by atoms with Gasteiger partial charge in [-0.05, 0) is 46.2 Å². The first-order valence-corrected chi connectivity index (χ1v) is 7.66. The van der Waals surface area contributed by atoms with Gasteiger partial charge in [-0.1, -0.05) is 0 Å². The van der Waals surface area contributed by atoms with Crippen molar-refractivity contribution in [1.82, 2.24) is 14.7 Å². The molecule has 1 aromatic rings. The van der Waals surface area contributed by atoms with Crippen LogP contribution in [-0.2, 0) is 22.6 Å². The van der Waals surface area contributed by atoms with Crippen molar-refractivity contribution in [2.24, 2.45) is 11.7 Å². The number of carbonyl (C=O) groups is 1. The Balaban J connectivity index is 0.00000242. The molecule has 0 saturated carbocycles. The summed E-state index contributed by atoms with van der Waals surface area (Å²) in [5.74, 6) is 0.374. The van der Waals surface area contributed by atoms with Crippen molar-refractivity contribution in [3.8, 4) is 0 Å². The zero-order valence-electron chi connectivity index (χ0n) is 13.7. The summed E-state index contributed by atoms with van der Waals surface area (Å²) in [6.07, 6.45) is 1.17. The summed E-state index contributed by atoms with van der Waals surface area (Å²) in [6, 6.07) is 0. The minimum Gasteiger partial charge on any atom is -0.465 e. The van der Waals surface area contributed by atoms with Crippen molar-refractivity contribution in [3.63, 3.8) is 0 Å². The topological polar surface area (TPSA) is 73.4 Å². The molecule has 1 unspecified atom stereocenters. The zero-order chi connectivity index (χ0) is 15.4. The van der Waals surface area contributed by atoms with Gasteiger partial charge in [-0.2, -0.15) is 5.10 Å². The van der Waals surface area contributed by atoms with Gasteiger partial charge in [0.15, 0.2) is 0 Å². The number of halogens is 1. The third-order valence-corrected chi connectivity index (χ3v) is 4.20. The normalized spacial score (nSPS) is 18.3. The lowest BCUT2D eigenvalue weighted by atomic mass is 10.1. The summed E-state index contributed by atoms with van der Waals surface area (Å²) in [7, 11) is 0. The van der Waals surface area contributed by atoms with E-state index in [-0.39, 0.29) is 24.9 Å². The van der Waals surface area contributed by atoms with Crippen LogP contribution in [0.4, 0.5) is 0 Å². The fraction of sp³-hybridized carbons (Fsp3) is 0.733. The Kier molecular flexibility index (Phi) is 7.32. The van der Waals surface area contributed by atoms with Crippen LogP contribution in [0, 0.1) is 19.8 Å². The Morgan fingerprint density at radius 2 is 2.18 bits per heavy atom. The Labute approximate surface area is 138 Å². The van der Waals surface area contributed by atoms with Crippen LogP contribution >= 0.6 is 12.4 Å². The first-order chi connectivity index (χ1) is 10.0. The number of nitrogens with two attached hydrogens (primary N) is 1. The van der Waals surface area contributed by atoms with Crippen LogP contribution in [0.25, 0.3) is 0 Å². The molecule has 0 aromatic carbocycles. The second-order valence-electron chi connectivity index (χ2n) is 5.74. The first-order valence-electron chi connectivity index (χ1n) is 7.66. The quantitative estimate of drug-likeness (QED) is 0.795. The average Bonchev–Trinajstić information content (AvgIpc) is 3.00. The number of aromatic nitrogens is 2. The molecule has 7 heteroatoms. The van der Waals surface area contributed by atoms with E-state index in [2.05, 4.69) is 10.00 Å². The molecule has 1 aliphatic rings. The predicted octanol–water partition coefficient (Wildman–Crippen LogP) is 1.27. The van der Waals surface area contributed by atoms with Gasteiger partial charge in [-0.25, -0.2) is 0 Å². The maximum Gasteiger partial charge on any atom is 0.327 e. The number of ether oxygens (including phenoxy) is 1. The third-order valence-electron chi connectivity index (χ3n) is 4.20. The largest absolute Gasteiger partial charge is 0.465 e. The molecular formula is C15H27ClN4O2. The lowest BCUT2D eigenvalue weighted by Crippen LogP contribution is -2.23. The van der Waals surface area contributed by atoms with Gasteiger partial charge in [0, 0.05) is 24.3 Å². The van der Waals surface area contributed by atoms with Crippen LogP contribution in [0.5, 0.6) is 0 Å². The van der Waals surface area contributed by atoms with Crippen molar-refractivity contribution >= 4 is 18.4 Å². The SMILES string of the molecule is CCOC(=O)Cn1nc(C)c(CN2CCC(CN)C2)c1C.Cl. The third kappa shape index (κ3) is 4.44. The summed E-state index contributed by atoms with van der Waals surface area (Å²) in [5, 5.41) is 4.48. The highest BCUT2D eigenvalue weighted by molar-refractivity contribution is 5.85. The molecule has 2 rings (SSSR count). The fourth-order valence-corrected chi connectivity index (χ4v) is 2.92. The Morgan fingerprint density at radius 1 is 1.45 bits per heavy atom. The highest BCUT2D eigenvalue weighted by atomic mass is 35.5. The Bertz CT molecular complexity index is 504. The first kappa shape index (κ1) is 18.9. The number of rotatable bonds is 6. The van der Waals surface area contributed by atoms with E-state index in [4.69, 9.17) is 10.5 Å². The van der Waals surface area contributed by atoms with Gasteiger partial charge in [0.2, 0.25) is 0 Å². The summed E-state index contributed by atoms with van der Waals surface area (Å²) in [5.41, 5.74) is 9.01. The van der Waals surface area contributed by atoms with E-state index in [9.17, 15) is 4.79 Å². The highest BCUT2D eigenvalue weighted by Gasteiger charge is 2.23. The van der Waals surface area contributed by atoms with Crippen molar-refractivity contribution in [2.75, 3.05) is 26.2 Å². The summed E-state index contributed by atoms with van der Waals surface area (Å²) in [4.78, 5) is 14.0. The molecule has 1 aliphatic heterocycles. The van der Waals surface area contributed by atoms with Crippen LogP contribution in [0.1, 0.15) is 30.3 Å². The van der Waals surface area contributed by atoms with E-state index in [1.54, 1.807) is 4.68 Å². The van der Waals surface area contributed by atoms with E-state index in [1.807, 2.05) is 20.8 Å². The number of hydrogen-bond acceptors (Lipinski definition) is 5. The zero-order valence-corrected chi connectivity index (χ0v) is 14.5. The second-order valence-corrected chi connectivity index (χ2v) is 5.74. The van der Waals surface area contributed by atoms with Gasteiger partial charge >= 0.3 is 5.97 Å². The van der Waals surface area contributed by atoms with Gasteiger partial charge in [0.05, 0.1) is 12.3 Å². The molecule has 0 amide bonds. The summed E-state index contributed by atoms with van der Waals surface area (Å²) in [6.45, 7) is 10.2. The molecule has 0 spiro atoms. The maximum absolute atomic E-state index is 11.6. The van der Waals surface area contributed by atoms with E-state index in [0.29, 0.717) is 12.5 Å². The van der Waals surface area contributed by atoms with Crippen molar-refractivity contribution in [2.45, 2.75) is 40.3 Å². The molecule has 6 nitrogen and oxygen atoms in total. The molecule has 1 saturated heterocycles. The number of nitrogens with zero attached hydrogens (tertiary/aromatic N) is 3. The molecule has 22 heavy (non-hydrogen) atoms. The Morgan fingerprint density at radius 3 is 2.77 bits per heavy atom. The smallest absolute Gasteiger partial charge is 0.327 e. The minimum atomic E-state index is -0.237. The molecule has 1 aromatic heterocycles. The van der Waals surface area contributed by atoms with Gasteiger partial charge in [0.25, 0.3) is 0 Å². The summed E-state index contributed by atoms with van der Waals surface area (Å²) < 4.78 is 6.74. The molecule has 2 heterocycles. The van der Waals surface area contributed by atoms with Crippen molar-refractivity contribution < 1.29 is 9.53 Å². The maximum atomic E-state index is 11.6.